The fourth-order valence-electron chi connectivity index (χ4n) is 3.99. The van der Waals surface area contributed by atoms with E-state index in [0.29, 0.717) is 37.5 Å². The van der Waals surface area contributed by atoms with Crippen LogP contribution in [0.5, 0.6) is 5.75 Å². The molecule has 162 valence electrons. The average molecular weight is 414 g/mol. The quantitative estimate of drug-likeness (QED) is 0.606. The van der Waals surface area contributed by atoms with E-state index < -0.39 is 0 Å². The van der Waals surface area contributed by atoms with Crippen LogP contribution in [0.4, 0.5) is 4.39 Å². The number of rotatable bonds is 10. The first-order valence-corrected chi connectivity index (χ1v) is 10.7. The van der Waals surface area contributed by atoms with Gasteiger partial charge < -0.3 is 10.1 Å². The van der Waals surface area contributed by atoms with E-state index in [4.69, 9.17) is 4.74 Å². The summed E-state index contributed by atoms with van der Waals surface area (Å²) in [4.78, 5) is 17.1. The van der Waals surface area contributed by atoms with E-state index in [1.165, 1.54) is 17.7 Å². The molecule has 1 saturated heterocycles. The van der Waals surface area contributed by atoms with Gasteiger partial charge in [0.1, 0.15) is 18.2 Å². The Kier molecular flexibility index (Phi) is 8.22. The van der Waals surface area contributed by atoms with Gasteiger partial charge in [0.2, 0.25) is 5.91 Å². The number of carbonyl (C=O) groups excluding carboxylic acids is 1. The molecule has 3 rings (SSSR count). The second kappa shape index (κ2) is 11.1. The molecule has 6 heteroatoms. The maximum atomic E-state index is 12.9. The summed E-state index contributed by atoms with van der Waals surface area (Å²) in [5.74, 6) is 0.312. The first-order chi connectivity index (χ1) is 14.6. The van der Waals surface area contributed by atoms with Gasteiger partial charge in [-0.1, -0.05) is 37.3 Å². The van der Waals surface area contributed by atoms with E-state index >= 15 is 0 Å². The van der Waals surface area contributed by atoms with Gasteiger partial charge >= 0.3 is 0 Å². The fourth-order valence-corrected chi connectivity index (χ4v) is 3.99. The maximum absolute atomic E-state index is 12.9. The number of hydrogen-bond acceptors (Lipinski definition) is 4. The summed E-state index contributed by atoms with van der Waals surface area (Å²) < 4.78 is 18.4. The summed E-state index contributed by atoms with van der Waals surface area (Å²) in [7, 11) is 0. The number of nitrogens with zero attached hydrogens (tertiary/aromatic N) is 2. The second-order valence-corrected chi connectivity index (χ2v) is 7.74. The van der Waals surface area contributed by atoms with Crippen LogP contribution in [0.15, 0.2) is 54.6 Å². The molecule has 2 aromatic carbocycles. The van der Waals surface area contributed by atoms with Crippen LogP contribution in [-0.2, 0) is 4.79 Å². The largest absolute Gasteiger partial charge is 0.492 e. The molecule has 0 spiro atoms. The SMILES string of the molecule is CCN(CC(=O)NCCOc1ccc(F)cc1)C1CCN(C(C)c2ccccc2)C1. The Morgan fingerprint density at radius 3 is 2.67 bits per heavy atom. The highest BCUT2D eigenvalue weighted by Crippen LogP contribution is 2.26. The molecule has 2 aromatic rings. The Hall–Kier alpha value is -2.44. The molecule has 1 N–H and O–H groups in total. The molecular formula is C24H32FN3O2. The van der Waals surface area contributed by atoms with Crippen LogP contribution in [0.1, 0.15) is 31.9 Å². The lowest BCUT2D eigenvalue weighted by atomic mass is 10.1. The van der Waals surface area contributed by atoms with Gasteiger partial charge in [0, 0.05) is 25.2 Å². The molecule has 1 aliphatic rings. The number of hydrogen-bond donors (Lipinski definition) is 1. The minimum Gasteiger partial charge on any atom is -0.492 e. The van der Waals surface area contributed by atoms with Gasteiger partial charge in [-0.2, -0.15) is 0 Å². The Bertz CT molecular complexity index is 785. The number of likely N-dealkylation sites (N-methyl/N-ethyl adjacent to an activating group) is 1. The summed E-state index contributed by atoms with van der Waals surface area (Å²) in [6, 6.07) is 17.2. The number of ether oxygens (including phenoxy) is 1. The molecule has 1 fully saturated rings. The van der Waals surface area contributed by atoms with Crippen molar-refractivity contribution in [2.45, 2.75) is 32.4 Å². The lowest BCUT2D eigenvalue weighted by molar-refractivity contribution is -0.122. The molecule has 0 aromatic heterocycles. The van der Waals surface area contributed by atoms with Gasteiger partial charge in [-0.3, -0.25) is 14.6 Å². The second-order valence-electron chi connectivity index (χ2n) is 7.74. The Morgan fingerprint density at radius 2 is 1.97 bits per heavy atom. The molecule has 0 bridgehead atoms. The zero-order valence-electron chi connectivity index (χ0n) is 17.9. The van der Waals surface area contributed by atoms with E-state index in [1.807, 2.05) is 6.07 Å². The number of carbonyl (C=O) groups is 1. The molecule has 0 saturated carbocycles. The predicted molar refractivity (Wildman–Crippen MR) is 117 cm³/mol. The van der Waals surface area contributed by atoms with E-state index in [9.17, 15) is 9.18 Å². The van der Waals surface area contributed by atoms with Crippen molar-refractivity contribution in [3.8, 4) is 5.75 Å². The van der Waals surface area contributed by atoms with Crippen LogP contribution < -0.4 is 10.1 Å². The van der Waals surface area contributed by atoms with Gasteiger partial charge in [-0.15, -0.1) is 0 Å². The van der Waals surface area contributed by atoms with Gasteiger partial charge in [0.05, 0.1) is 13.1 Å². The van der Waals surface area contributed by atoms with Crippen molar-refractivity contribution in [3.63, 3.8) is 0 Å². The molecule has 1 heterocycles. The molecule has 2 atom stereocenters. The van der Waals surface area contributed by atoms with Crippen molar-refractivity contribution in [1.29, 1.82) is 0 Å². The molecular weight excluding hydrogens is 381 g/mol. The normalized spacial score (nSPS) is 17.8. The zero-order valence-corrected chi connectivity index (χ0v) is 17.9. The summed E-state index contributed by atoms with van der Waals surface area (Å²) in [5, 5.41) is 2.92. The number of benzene rings is 2. The monoisotopic (exact) mass is 413 g/mol. The van der Waals surface area contributed by atoms with E-state index in [2.05, 4.69) is 53.2 Å². The van der Waals surface area contributed by atoms with Crippen molar-refractivity contribution in [3.05, 3.63) is 66.0 Å². The third-order valence-corrected chi connectivity index (χ3v) is 5.80. The zero-order chi connectivity index (χ0) is 21.3. The highest BCUT2D eigenvalue weighted by Gasteiger charge is 2.30. The Balaban J connectivity index is 1.40. The first kappa shape index (κ1) is 22.2. The van der Waals surface area contributed by atoms with Gasteiger partial charge in [0.15, 0.2) is 0 Å². The minimum absolute atomic E-state index is 0.00844. The van der Waals surface area contributed by atoms with Crippen LogP contribution >= 0.6 is 0 Å². The van der Waals surface area contributed by atoms with Crippen LogP contribution in [0.25, 0.3) is 0 Å². The number of nitrogens with one attached hydrogen (secondary N) is 1. The molecule has 0 radical (unpaired) electrons. The average Bonchev–Trinajstić information content (AvgIpc) is 3.26. The molecule has 2 unspecified atom stereocenters. The highest BCUT2D eigenvalue weighted by molar-refractivity contribution is 5.78. The van der Waals surface area contributed by atoms with Crippen molar-refractivity contribution < 1.29 is 13.9 Å². The molecule has 5 nitrogen and oxygen atoms in total. The van der Waals surface area contributed by atoms with E-state index in [1.54, 1.807) is 12.1 Å². The predicted octanol–water partition coefficient (Wildman–Crippen LogP) is 3.48. The number of likely N-dealkylation sites (tertiary alicyclic amines) is 1. The molecule has 1 amide bonds. The molecule has 0 aliphatic carbocycles. The van der Waals surface area contributed by atoms with E-state index in [0.717, 1.165) is 26.1 Å². The van der Waals surface area contributed by atoms with Crippen molar-refractivity contribution in [2.24, 2.45) is 0 Å². The van der Waals surface area contributed by atoms with Crippen LogP contribution in [0, 0.1) is 5.82 Å². The van der Waals surface area contributed by atoms with Crippen molar-refractivity contribution in [1.82, 2.24) is 15.1 Å². The van der Waals surface area contributed by atoms with Crippen LogP contribution in [0.3, 0.4) is 0 Å². The molecule has 1 aliphatic heterocycles. The maximum Gasteiger partial charge on any atom is 0.234 e. The van der Waals surface area contributed by atoms with Gasteiger partial charge in [0.25, 0.3) is 0 Å². The van der Waals surface area contributed by atoms with Crippen molar-refractivity contribution in [2.75, 3.05) is 39.3 Å². The standard InChI is InChI=1S/C24H32FN3O2/c1-3-27(18-24(29)26-14-16-30-23-11-9-21(25)10-12-23)22-13-15-28(17-22)19(2)20-7-5-4-6-8-20/h4-12,19,22H,3,13-18H2,1-2H3,(H,26,29). The summed E-state index contributed by atoms with van der Waals surface area (Å²) >= 11 is 0. The topological polar surface area (TPSA) is 44.8 Å². The highest BCUT2D eigenvalue weighted by atomic mass is 19.1. The van der Waals surface area contributed by atoms with E-state index in [-0.39, 0.29) is 11.7 Å². The summed E-state index contributed by atoms with van der Waals surface area (Å²) in [6.45, 7) is 8.40. The van der Waals surface area contributed by atoms with Gasteiger partial charge in [-0.25, -0.2) is 4.39 Å². The number of halogens is 1. The van der Waals surface area contributed by atoms with Crippen LogP contribution in [0.2, 0.25) is 0 Å². The lowest BCUT2D eigenvalue weighted by Crippen LogP contribution is -2.44. The summed E-state index contributed by atoms with van der Waals surface area (Å²) in [5.41, 5.74) is 1.33. The molecule has 30 heavy (non-hydrogen) atoms. The first-order valence-electron chi connectivity index (χ1n) is 10.7. The minimum atomic E-state index is -0.293. The number of amides is 1. The Labute approximate surface area is 178 Å². The van der Waals surface area contributed by atoms with Gasteiger partial charge in [-0.05, 0) is 49.7 Å². The summed E-state index contributed by atoms with van der Waals surface area (Å²) in [6.07, 6.45) is 1.08. The lowest BCUT2D eigenvalue weighted by Gasteiger charge is -2.29. The third kappa shape index (κ3) is 6.28. The Morgan fingerprint density at radius 1 is 1.23 bits per heavy atom. The van der Waals surface area contributed by atoms with Crippen molar-refractivity contribution >= 4 is 5.91 Å². The smallest absolute Gasteiger partial charge is 0.234 e. The fraction of sp³-hybridized carbons (Fsp3) is 0.458. The van der Waals surface area contributed by atoms with Crippen LogP contribution in [-0.4, -0.2) is 61.1 Å². The third-order valence-electron chi connectivity index (χ3n) is 5.80.